The molecule has 0 fully saturated rings. The lowest BCUT2D eigenvalue weighted by atomic mass is 10.2. The number of nitrogens with one attached hydrogen (secondary N) is 2. The van der Waals surface area contributed by atoms with Crippen LogP contribution < -0.4 is 10.0 Å². The number of fused-ring (bicyclic) bond motifs is 1. The summed E-state index contributed by atoms with van der Waals surface area (Å²) in [6.07, 6.45) is 1.08. The van der Waals surface area contributed by atoms with Crippen LogP contribution in [0.5, 0.6) is 0 Å². The maximum absolute atomic E-state index is 12.4. The number of benzene rings is 2. The van der Waals surface area contributed by atoms with E-state index in [0.717, 1.165) is 22.9 Å². The lowest BCUT2D eigenvalue weighted by molar-refractivity contribution is -0.116. The zero-order chi connectivity index (χ0) is 18.0. The number of aromatic nitrogens is 1. The number of nitrogens with zero attached hydrogens (tertiary/aromatic N) is 1. The summed E-state index contributed by atoms with van der Waals surface area (Å²) in [4.78, 5) is 12.4. The standard InChI is InChI=1S/C18H19N3O3S/c1-13-10-14-6-3-4-9-17(14)21(13)12-18(22)19-15-7-5-8-16(11-15)20-25(2,23)24/h3-11,20H,12H2,1-2H3,(H,19,22). The summed E-state index contributed by atoms with van der Waals surface area (Å²) in [5.41, 5.74) is 2.95. The third kappa shape index (κ3) is 4.19. The van der Waals surface area contributed by atoms with Gasteiger partial charge in [-0.25, -0.2) is 8.42 Å². The quantitative estimate of drug-likeness (QED) is 0.737. The smallest absolute Gasteiger partial charge is 0.244 e. The summed E-state index contributed by atoms with van der Waals surface area (Å²) in [5.74, 6) is -0.180. The summed E-state index contributed by atoms with van der Waals surface area (Å²) in [7, 11) is -3.36. The molecule has 0 unspecified atom stereocenters. The zero-order valence-corrected chi connectivity index (χ0v) is 14.8. The summed E-state index contributed by atoms with van der Waals surface area (Å²) in [6, 6.07) is 16.5. The van der Waals surface area contributed by atoms with Crippen LogP contribution in [0.4, 0.5) is 11.4 Å². The molecule has 7 heteroatoms. The Hall–Kier alpha value is -2.80. The second-order valence-electron chi connectivity index (χ2n) is 5.93. The molecular weight excluding hydrogens is 338 g/mol. The first-order chi connectivity index (χ1) is 11.8. The van der Waals surface area contributed by atoms with E-state index in [-0.39, 0.29) is 12.5 Å². The zero-order valence-electron chi connectivity index (χ0n) is 14.0. The number of hydrogen-bond acceptors (Lipinski definition) is 3. The first-order valence-corrected chi connectivity index (χ1v) is 9.63. The highest BCUT2D eigenvalue weighted by atomic mass is 32.2. The minimum absolute atomic E-state index is 0.180. The highest BCUT2D eigenvalue weighted by molar-refractivity contribution is 7.92. The van der Waals surface area contributed by atoms with Crippen molar-refractivity contribution >= 4 is 38.2 Å². The summed E-state index contributed by atoms with van der Waals surface area (Å²) >= 11 is 0. The number of amides is 1. The molecule has 0 spiro atoms. The van der Waals surface area contributed by atoms with Crippen LogP contribution in [0.3, 0.4) is 0 Å². The Morgan fingerprint density at radius 3 is 2.52 bits per heavy atom. The summed E-state index contributed by atoms with van der Waals surface area (Å²) in [5, 5.41) is 3.89. The molecule has 6 nitrogen and oxygen atoms in total. The van der Waals surface area contributed by atoms with E-state index in [4.69, 9.17) is 0 Å². The molecule has 0 aliphatic carbocycles. The highest BCUT2D eigenvalue weighted by Crippen LogP contribution is 2.20. The van der Waals surface area contributed by atoms with Crippen molar-refractivity contribution in [2.45, 2.75) is 13.5 Å². The van der Waals surface area contributed by atoms with E-state index >= 15 is 0 Å². The number of carbonyl (C=O) groups is 1. The van der Waals surface area contributed by atoms with E-state index < -0.39 is 10.0 Å². The normalized spacial score (nSPS) is 11.4. The molecule has 0 aliphatic heterocycles. The van der Waals surface area contributed by atoms with Gasteiger partial charge in [0.25, 0.3) is 0 Å². The van der Waals surface area contributed by atoms with Gasteiger partial charge in [0.05, 0.1) is 11.9 Å². The molecule has 0 saturated heterocycles. The molecular formula is C18H19N3O3S. The predicted octanol–water partition coefficient (Wildman–Crippen LogP) is 2.96. The maximum Gasteiger partial charge on any atom is 0.244 e. The van der Waals surface area contributed by atoms with E-state index in [0.29, 0.717) is 11.4 Å². The van der Waals surface area contributed by atoms with E-state index in [2.05, 4.69) is 10.0 Å². The second kappa shape index (κ2) is 6.60. The second-order valence-corrected chi connectivity index (χ2v) is 7.68. The van der Waals surface area contributed by atoms with Gasteiger partial charge in [0.1, 0.15) is 6.54 Å². The molecule has 0 bridgehead atoms. The highest BCUT2D eigenvalue weighted by Gasteiger charge is 2.10. The van der Waals surface area contributed by atoms with Crippen LogP contribution in [0, 0.1) is 6.92 Å². The van der Waals surface area contributed by atoms with Crippen molar-refractivity contribution in [3.05, 3.63) is 60.3 Å². The first-order valence-electron chi connectivity index (χ1n) is 7.74. The van der Waals surface area contributed by atoms with E-state index in [1.54, 1.807) is 24.3 Å². The maximum atomic E-state index is 12.4. The Bertz CT molecular complexity index is 1040. The van der Waals surface area contributed by atoms with Crippen molar-refractivity contribution in [1.82, 2.24) is 4.57 Å². The van der Waals surface area contributed by atoms with Gasteiger partial charge in [-0.1, -0.05) is 24.3 Å². The monoisotopic (exact) mass is 357 g/mol. The Kier molecular flexibility index (Phi) is 4.50. The van der Waals surface area contributed by atoms with Gasteiger partial charge in [0.15, 0.2) is 0 Å². The molecule has 1 heterocycles. The van der Waals surface area contributed by atoms with Crippen LogP contribution in [-0.4, -0.2) is 25.1 Å². The van der Waals surface area contributed by atoms with E-state index in [9.17, 15) is 13.2 Å². The largest absolute Gasteiger partial charge is 0.335 e. The number of hydrogen-bond donors (Lipinski definition) is 2. The number of sulfonamides is 1. The fourth-order valence-corrected chi connectivity index (χ4v) is 3.33. The fourth-order valence-electron chi connectivity index (χ4n) is 2.78. The van der Waals surface area contributed by atoms with Crippen molar-refractivity contribution < 1.29 is 13.2 Å². The molecule has 0 saturated carbocycles. The van der Waals surface area contributed by atoms with Crippen molar-refractivity contribution in [1.29, 1.82) is 0 Å². The Morgan fingerprint density at radius 2 is 1.76 bits per heavy atom. The molecule has 3 rings (SSSR count). The summed E-state index contributed by atoms with van der Waals surface area (Å²) < 4.78 is 26.9. The number of para-hydroxylation sites is 1. The van der Waals surface area contributed by atoms with Crippen molar-refractivity contribution in [3.8, 4) is 0 Å². The molecule has 0 aliphatic rings. The molecule has 2 N–H and O–H groups in total. The van der Waals surface area contributed by atoms with Crippen LogP contribution in [0.15, 0.2) is 54.6 Å². The van der Waals surface area contributed by atoms with Gasteiger partial charge < -0.3 is 9.88 Å². The topological polar surface area (TPSA) is 80.2 Å². The van der Waals surface area contributed by atoms with Gasteiger partial charge in [0, 0.05) is 16.9 Å². The lowest BCUT2D eigenvalue weighted by Crippen LogP contribution is -2.19. The molecule has 130 valence electrons. The molecule has 0 radical (unpaired) electrons. The third-order valence-electron chi connectivity index (χ3n) is 3.77. The van der Waals surface area contributed by atoms with Crippen LogP contribution >= 0.6 is 0 Å². The minimum Gasteiger partial charge on any atom is -0.335 e. The molecule has 1 amide bonds. The van der Waals surface area contributed by atoms with Gasteiger partial charge >= 0.3 is 0 Å². The lowest BCUT2D eigenvalue weighted by Gasteiger charge is -2.11. The third-order valence-corrected chi connectivity index (χ3v) is 4.38. The molecule has 3 aromatic rings. The number of anilines is 2. The fraction of sp³-hybridized carbons (Fsp3) is 0.167. The van der Waals surface area contributed by atoms with Gasteiger partial charge in [-0.3, -0.25) is 9.52 Å². The van der Waals surface area contributed by atoms with E-state index in [1.165, 1.54) is 0 Å². The Balaban J connectivity index is 1.76. The molecule has 25 heavy (non-hydrogen) atoms. The average Bonchev–Trinajstić information content (AvgIpc) is 2.82. The van der Waals surface area contributed by atoms with Crippen LogP contribution in [0.1, 0.15) is 5.69 Å². The van der Waals surface area contributed by atoms with Crippen molar-refractivity contribution in [2.75, 3.05) is 16.3 Å². The minimum atomic E-state index is -3.36. The summed E-state index contributed by atoms with van der Waals surface area (Å²) in [6.45, 7) is 2.15. The Labute approximate surface area is 146 Å². The average molecular weight is 357 g/mol. The van der Waals surface area contributed by atoms with E-state index in [1.807, 2.05) is 41.8 Å². The van der Waals surface area contributed by atoms with Crippen molar-refractivity contribution in [2.24, 2.45) is 0 Å². The molecule has 1 aromatic heterocycles. The molecule has 0 atom stereocenters. The number of carbonyl (C=O) groups excluding carboxylic acids is 1. The van der Waals surface area contributed by atoms with Crippen LogP contribution in [0.2, 0.25) is 0 Å². The number of aryl methyl sites for hydroxylation is 1. The number of rotatable bonds is 5. The van der Waals surface area contributed by atoms with Gasteiger partial charge in [0.2, 0.25) is 15.9 Å². The molecule has 2 aromatic carbocycles. The van der Waals surface area contributed by atoms with Gasteiger partial charge in [-0.15, -0.1) is 0 Å². The predicted molar refractivity (Wildman–Crippen MR) is 100 cm³/mol. The first kappa shape index (κ1) is 17.0. The van der Waals surface area contributed by atoms with Gasteiger partial charge in [-0.2, -0.15) is 0 Å². The SMILES string of the molecule is Cc1cc2ccccc2n1CC(=O)Nc1cccc(NS(C)(=O)=O)c1. The Morgan fingerprint density at radius 1 is 1.04 bits per heavy atom. The van der Waals surface area contributed by atoms with Crippen LogP contribution in [0.25, 0.3) is 10.9 Å². The van der Waals surface area contributed by atoms with Crippen LogP contribution in [-0.2, 0) is 21.4 Å². The van der Waals surface area contributed by atoms with Gasteiger partial charge in [-0.05, 0) is 42.6 Å². The van der Waals surface area contributed by atoms with Crippen molar-refractivity contribution in [3.63, 3.8) is 0 Å².